The van der Waals surface area contributed by atoms with Gasteiger partial charge in [-0.3, -0.25) is 4.79 Å². The molecule has 1 aliphatic rings. The Kier molecular flexibility index (Phi) is 6.08. The number of para-hydroxylation sites is 2. The molecule has 3 aromatic rings. The van der Waals surface area contributed by atoms with Crippen LogP contribution in [0.5, 0.6) is 0 Å². The van der Waals surface area contributed by atoms with Gasteiger partial charge in [0.15, 0.2) is 0 Å². The van der Waals surface area contributed by atoms with E-state index in [1.165, 1.54) is 6.42 Å². The van der Waals surface area contributed by atoms with Crippen molar-refractivity contribution in [3.05, 3.63) is 54.1 Å². The van der Waals surface area contributed by atoms with Gasteiger partial charge in [0.05, 0.1) is 22.7 Å². The monoisotopic (exact) mass is 415 g/mol. The fourth-order valence-corrected chi connectivity index (χ4v) is 4.77. The van der Waals surface area contributed by atoms with Gasteiger partial charge >= 0.3 is 5.97 Å². The number of carbonyl (C=O) groups is 1. The van der Waals surface area contributed by atoms with Gasteiger partial charge in [-0.15, -0.1) is 0 Å². The molecule has 160 valence electrons. The van der Waals surface area contributed by atoms with Crippen LogP contribution in [0.15, 0.2) is 48.5 Å². The zero-order chi connectivity index (χ0) is 22.0. The number of hydrogen-bond acceptors (Lipinski definition) is 4. The largest absolute Gasteiger partial charge is 0.461 e. The van der Waals surface area contributed by atoms with Crippen molar-refractivity contribution < 1.29 is 9.53 Å². The number of esters is 1. The Bertz CT molecular complexity index is 1130. The van der Waals surface area contributed by atoms with Crippen LogP contribution in [0.3, 0.4) is 0 Å². The fourth-order valence-electron chi connectivity index (χ4n) is 4.77. The molecule has 2 aromatic carbocycles. The highest BCUT2D eigenvalue weighted by molar-refractivity contribution is 5.83. The minimum atomic E-state index is -0.231. The van der Waals surface area contributed by atoms with E-state index in [1.807, 2.05) is 41.0 Å². The first-order chi connectivity index (χ1) is 15.0. The smallest absolute Gasteiger partial charge is 0.326 e. The summed E-state index contributed by atoms with van der Waals surface area (Å²) < 4.78 is 7.96. The number of nitrogens with zero attached hydrogens (tertiary/aromatic N) is 3. The molecule has 1 fully saturated rings. The molecule has 1 aliphatic carbocycles. The molecular weight excluding hydrogens is 386 g/mol. The molecule has 3 unspecified atom stereocenters. The average molecular weight is 416 g/mol. The number of benzene rings is 2. The maximum absolute atomic E-state index is 13.1. The third kappa shape index (κ3) is 4.49. The van der Waals surface area contributed by atoms with E-state index in [2.05, 4.69) is 26.8 Å². The van der Waals surface area contributed by atoms with E-state index >= 15 is 0 Å². The molecule has 31 heavy (non-hydrogen) atoms. The molecule has 0 aliphatic heterocycles. The molecular formula is C26H29N3O2. The highest BCUT2D eigenvalue weighted by Gasteiger charge is 2.33. The Morgan fingerprint density at radius 2 is 2.03 bits per heavy atom. The molecule has 0 N–H and O–H groups in total. The van der Waals surface area contributed by atoms with Gasteiger partial charge in [-0.1, -0.05) is 51.5 Å². The fraction of sp³-hybridized carbons (Fsp3) is 0.423. The Labute approximate surface area is 183 Å². The van der Waals surface area contributed by atoms with Crippen LogP contribution >= 0.6 is 0 Å². The van der Waals surface area contributed by atoms with Crippen LogP contribution in [-0.4, -0.2) is 21.6 Å². The van der Waals surface area contributed by atoms with Crippen LogP contribution in [0.4, 0.5) is 0 Å². The average Bonchev–Trinajstić information content (AvgIpc) is 3.12. The predicted molar refractivity (Wildman–Crippen MR) is 121 cm³/mol. The topological polar surface area (TPSA) is 67.9 Å². The van der Waals surface area contributed by atoms with Gasteiger partial charge in [0.1, 0.15) is 18.5 Å². The maximum atomic E-state index is 13.1. The molecule has 0 bridgehead atoms. The number of nitriles is 1. The van der Waals surface area contributed by atoms with E-state index in [9.17, 15) is 10.1 Å². The second kappa shape index (κ2) is 8.93. The number of imidazole rings is 1. The van der Waals surface area contributed by atoms with Crippen LogP contribution in [-0.2, 0) is 16.1 Å². The van der Waals surface area contributed by atoms with Gasteiger partial charge in [-0.2, -0.15) is 5.26 Å². The molecule has 5 nitrogen and oxygen atoms in total. The standard InChI is InChI=1S/C26H29N3O2/c1-17(2)21-12-11-18(3)13-24(21)31-25(30)16-29-23-10-5-4-9-22(23)28-26(29)20-8-6-7-19(14-20)15-27/h4-10,14,17-18,21,24H,11-13,16H2,1-3H3. The minimum Gasteiger partial charge on any atom is -0.461 e. The van der Waals surface area contributed by atoms with Crippen LogP contribution in [0.25, 0.3) is 22.4 Å². The lowest BCUT2D eigenvalue weighted by atomic mass is 9.75. The van der Waals surface area contributed by atoms with Gasteiger partial charge in [0.25, 0.3) is 0 Å². The Morgan fingerprint density at radius 1 is 1.23 bits per heavy atom. The van der Waals surface area contributed by atoms with Gasteiger partial charge in [-0.25, -0.2) is 4.98 Å². The minimum absolute atomic E-state index is 0.0311. The van der Waals surface area contributed by atoms with Crippen molar-refractivity contribution in [2.75, 3.05) is 0 Å². The molecule has 0 amide bonds. The zero-order valence-electron chi connectivity index (χ0n) is 18.4. The lowest BCUT2D eigenvalue weighted by molar-refractivity contribution is -0.156. The summed E-state index contributed by atoms with van der Waals surface area (Å²) in [5.41, 5.74) is 3.08. The zero-order valence-corrected chi connectivity index (χ0v) is 18.4. The number of fused-ring (bicyclic) bond motifs is 1. The van der Waals surface area contributed by atoms with Gasteiger partial charge in [0, 0.05) is 5.56 Å². The van der Waals surface area contributed by atoms with Crippen molar-refractivity contribution in [3.8, 4) is 17.5 Å². The van der Waals surface area contributed by atoms with Crippen molar-refractivity contribution >= 4 is 17.0 Å². The summed E-state index contributed by atoms with van der Waals surface area (Å²) in [7, 11) is 0. The second-order valence-electron chi connectivity index (χ2n) is 9.06. The Balaban J connectivity index is 1.64. The summed E-state index contributed by atoms with van der Waals surface area (Å²) >= 11 is 0. The number of rotatable bonds is 5. The Hall–Kier alpha value is -3.13. The summed E-state index contributed by atoms with van der Waals surface area (Å²) in [5.74, 6) is 1.92. The van der Waals surface area contributed by atoms with Gasteiger partial charge in [-0.05, 0) is 54.9 Å². The third-order valence-corrected chi connectivity index (χ3v) is 6.44. The van der Waals surface area contributed by atoms with Crippen molar-refractivity contribution in [3.63, 3.8) is 0 Å². The van der Waals surface area contributed by atoms with E-state index in [0.29, 0.717) is 29.1 Å². The summed E-state index contributed by atoms with van der Waals surface area (Å²) in [4.78, 5) is 17.8. The number of ether oxygens (including phenoxy) is 1. The number of carbonyl (C=O) groups excluding carboxylic acids is 1. The van der Waals surface area contributed by atoms with Crippen LogP contribution in [0, 0.1) is 29.1 Å². The first kappa shape index (κ1) is 21.1. The molecule has 0 spiro atoms. The third-order valence-electron chi connectivity index (χ3n) is 6.44. The first-order valence-electron chi connectivity index (χ1n) is 11.1. The quantitative estimate of drug-likeness (QED) is 0.510. The maximum Gasteiger partial charge on any atom is 0.326 e. The van der Waals surface area contributed by atoms with Crippen molar-refractivity contribution in [1.29, 1.82) is 5.26 Å². The van der Waals surface area contributed by atoms with E-state index in [-0.39, 0.29) is 18.6 Å². The number of aromatic nitrogens is 2. The molecule has 5 heteroatoms. The van der Waals surface area contributed by atoms with Crippen molar-refractivity contribution in [1.82, 2.24) is 9.55 Å². The molecule has 0 radical (unpaired) electrons. The molecule has 1 heterocycles. The summed E-state index contributed by atoms with van der Waals surface area (Å²) in [6, 6.07) is 17.3. The normalized spacial score (nSPS) is 21.2. The Morgan fingerprint density at radius 3 is 2.81 bits per heavy atom. The second-order valence-corrected chi connectivity index (χ2v) is 9.06. The molecule has 1 aromatic heterocycles. The summed E-state index contributed by atoms with van der Waals surface area (Å²) in [5, 5.41) is 9.29. The van der Waals surface area contributed by atoms with E-state index in [1.54, 1.807) is 12.1 Å². The molecule has 1 saturated carbocycles. The van der Waals surface area contributed by atoms with Crippen LogP contribution in [0.2, 0.25) is 0 Å². The lowest BCUT2D eigenvalue weighted by Crippen LogP contribution is -2.36. The van der Waals surface area contributed by atoms with Crippen LogP contribution in [0.1, 0.15) is 45.6 Å². The highest BCUT2D eigenvalue weighted by atomic mass is 16.5. The van der Waals surface area contributed by atoms with Crippen molar-refractivity contribution in [2.45, 2.75) is 52.7 Å². The SMILES string of the molecule is CC1CCC(C(C)C)C(OC(=O)Cn2c(-c3cccc(C#N)c3)nc3ccccc32)C1. The van der Waals surface area contributed by atoms with Gasteiger partial charge < -0.3 is 9.30 Å². The number of hydrogen-bond donors (Lipinski definition) is 0. The van der Waals surface area contributed by atoms with E-state index in [0.717, 1.165) is 29.4 Å². The summed E-state index contributed by atoms with van der Waals surface area (Å²) in [6.07, 6.45) is 3.20. The predicted octanol–water partition coefficient (Wildman–Crippen LogP) is 5.58. The molecule has 0 saturated heterocycles. The van der Waals surface area contributed by atoms with Crippen molar-refractivity contribution in [2.24, 2.45) is 17.8 Å². The van der Waals surface area contributed by atoms with Crippen LogP contribution < -0.4 is 0 Å². The lowest BCUT2D eigenvalue weighted by Gasteiger charge is -2.36. The summed E-state index contributed by atoms with van der Waals surface area (Å²) in [6.45, 7) is 6.76. The van der Waals surface area contributed by atoms with E-state index in [4.69, 9.17) is 9.72 Å². The molecule has 4 rings (SSSR count). The van der Waals surface area contributed by atoms with E-state index < -0.39 is 0 Å². The highest BCUT2D eigenvalue weighted by Crippen LogP contribution is 2.35. The van der Waals surface area contributed by atoms with Gasteiger partial charge in [0.2, 0.25) is 0 Å². The first-order valence-corrected chi connectivity index (χ1v) is 11.1. The molecule has 3 atom stereocenters.